The van der Waals surface area contributed by atoms with E-state index in [9.17, 15) is 18.8 Å². The monoisotopic (exact) mass is 516 g/mol. The molecule has 0 fully saturated rings. The summed E-state index contributed by atoms with van der Waals surface area (Å²) in [5.41, 5.74) is 0.213. The average Bonchev–Trinajstić information content (AvgIpc) is 2.86. The maximum absolute atomic E-state index is 14.1. The molecule has 9 nitrogen and oxygen atoms in total. The van der Waals surface area contributed by atoms with Crippen LogP contribution in [-0.2, 0) is 16.1 Å². The number of carboxylic acid groups (broad SMARTS) is 1. The lowest BCUT2D eigenvalue weighted by atomic mass is 10.1. The quantitative estimate of drug-likeness (QED) is 0.347. The van der Waals surface area contributed by atoms with Crippen molar-refractivity contribution >= 4 is 46.3 Å². The molecule has 3 aromatic rings. The number of fused-ring (bicyclic) bond motifs is 1. The van der Waals surface area contributed by atoms with Crippen molar-refractivity contribution in [2.24, 2.45) is 0 Å². The van der Waals surface area contributed by atoms with Crippen molar-refractivity contribution in [2.45, 2.75) is 31.8 Å². The number of ether oxygens (including phenoxy) is 1. The van der Waals surface area contributed by atoms with E-state index in [1.165, 1.54) is 24.1 Å². The van der Waals surface area contributed by atoms with Gasteiger partial charge in [-0.2, -0.15) is 0 Å². The molecule has 11 heteroatoms. The summed E-state index contributed by atoms with van der Waals surface area (Å²) >= 11 is 5.78. The number of urea groups is 1. The Morgan fingerprint density at radius 3 is 2.67 bits per heavy atom. The lowest BCUT2D eigenvalue weighted by molar-refractivity contribution is -0.137. The van der Waals surface area contributed by atoms with Gasteiger partial charge in [0.1, 0.15) is 18.2 Å². The van der Waals surface area contributed by atoms with Crippen molar-refractivity contribution in [3.8, 4) is 0 Å². The molecule has 0 saturated heterocycles. The molecular weight excluding hydrogens is 491 g/mol. The number of nitrogens with zero attached hydrogens (tertiary/aromatic N) is 2. The highest BCUT2D eigenvalue weighted by molar-refractivity contribution is 6.30. The van der Waals surface area contributed by atoms with Gasteiger partial charge in [-0.15, -0.1) is 0 Å². The Morgan fingerprint density at radius 1 is 1.17 bits per heavy atom. The van der Waals surface area contributed by atoms with Gasteiger partial charge < -0.3 is 20.1 Å². The summed E-state index contributed by atoms with van der Waals surface area (Å²) in [6.07, 6.45) is 1.28. The van der Waals surface area contributed by atoms with Crippen LogP contribution in [-0.4, -0.2) is 52.8 Å². The Balaban J connectivity index is 1.59. The molecule has 0 unspecified atom stereocenters. The van der Waals surface area contributed by atoms with E-state index in [0.717, 1.165) is 10.8 Å². The number of carboxylic acids is 1. The van der Waals surface area contributed by atoms with Crippen LogP contribution in [0, 0.1) is 5.82 Å². The van der Waals surface area contributed by atoms with Crippen LogP contribution in [0.2, 0.25) is 5.02 Å². The zero-order chi connectivity index (χ0) is 26.1. The van der Waals surface area contributed by atoms with Gasteiger partial charge in [-0.1, -0.05) is 48.0 Å². The average molecular weight is 517 g/mol. The van der Waals surface area contributed by atoms with Gasteiger partial charge in [0.2, 0.25) is 0 Å². The number of likely N-dealkylation sites (N-methyl/N-ethyl adjacent to an activating group) is 1. The van der Waals surface area contributed by atoms with E-state index in [-0.39, 0.29) is 43.0 Å². The van der Waals surface area contributed by atoms with Crippen LogP contribution < -0.4 is 10.6 Å². The van der Waals surface area contributed by atoms with Crippen LogP contribution in [0.3, 0.4) is 0 Å². The Labute approximate surface area is 212 Å². The molecule has 0 saturated carbocycles. The van der Waals surface area contributed by atoms with E-state index in [1.54, 1.807) is 18.3 Å². The summed E-state index contributed by atoms with van der Waals surface area (Å²) in [5.74, 6) is -1.29. The van der Waals surface area contributed by atoms with Crippen molar-refractivity contribution in [3.05, 3.63) is 71.1 Å². The van der Waals surface area contributed by atoms with Gasteiger partial charge in [0.25, 0.3) is 0 Å². The van der Waals surface area contributed by atoms with Gasteiger partial charge in [0, 0.05) is 37.2 Å². The minimum absolute atomic E-state index is 0.0537. The Morgan fingerprint density at radius 2 is 1.92 bits per heavy atom. The second kappa shape index (κ2) is 12.7. The standard InChI is InChI=1S/C25H26ClFN4O5/c1-31(24(34)29-14-18-8-4-10-20(26)23(18)27)19(9-5-11-22(32)33)15-36-25(35)30-21-12-16-6-2-3-7-17(16)13-28-21/h2-4,6-8,10,12-13,19H,5,9,11,14-15H2,1H3,(H,29,34)(H,32,33)(H,28,30,35)/t19-/m0/s1. The number of aliphatic carboxylic acids is 1. The van der Waals surface area contributed by atoms with Gasteiger partial charge in [-0.05, 0) is 30.4 Å². The SMILES string of the molecule is CN(C(=O)NCc1cccc(Cl)c1F)[C@@H](CCCC(=O)O)COC(=O)Nc1cc2ccccc2cn1. The summed E-state index contributed by atoms with van der Waals surface area (Å²) in [4.78, 5) is 41.5. The molecule has 0 bridgehead atoms. The van der Waals surface area contributed by atoms with E-state index in [1.807, 2.05) is 24.3 Å². The van der Waals surface area contributed by atoms with Gasteiger partial charge in [-0.25, -0.2) is 19.0 Å². The number of halogens is 2. The van der Waals surface area contributed by atoms with Crippen LogP contribution in [0.25, 0.3) is 10.8 Å². The number of amides is 3. The largest absolute Gasteiger partial charge is 0.481 e. The highest BCUT2D eigenvalue weighted by atomic mass is 35.5. The Hall–Kier alpha value is -3.92. The Bertz CT molecular complexity index is 1240. The summed E-state index contributed by atoms with van der Waals surface area (Å²) in [6, 6.07) is 12.5. The van der Waals surface area contributed by atoms with Crippen LogP contribution in [0.4, 0.5) is 19.8 Å². The maximum atomic E-state index is 14.1. The third-order valence-corrected chi connectivity index (χ3v) is 5.82. The van der Waals surface area contributed by atoms with Gasteiger partial charge in [0.15, 0.2) is 0 Å². The molecule has 3 rings (SSSR count). The number of hydrogen-bond donors (Lipinski definition) is 3. The zero-order valence-corrected chi connectivity index (χ0v) is 20.3. The van der Waals surface area contributed by atoms with Crippen molar-refractivity contribution in [3.63, 3.8) is 0 Å². The molecule has 0 spiro atoms. The molecule has 190 valence electrons. The van der Waals surface area contributed by atoms with Gasteiger partial charge >= 0.3 is 18.1 Å². The molecule has 1 heterocycles. The number of carbonyl (C=O) groups is 3. The summed E-state index contributed by atoms with van der Waals surface area (Å²) in [7, 11) is 1.49. The van der Waals surface area contributed by atoms with Gasteiger partial charge in [0.05, 0.1) is 11.1 Å². The minimum atomic E-state index is -0.974. The van der Waals surface area contributed by atoms with Crippen LogP contribution >= 0.6 is 11.6 Å². The van der Waals surface area contributed by atoms with Crippen molar-refractivity contribution < 1.29 is 28.6 Å². The smallest absolute Gasteiger partial charge is 0.412 e. The van der Waals surface area contributed by atoms with E-state index >= 15 is 0 Å². The minimum Gasteiger partial charge on any atom is -0.481 e. The predicted octanol–water partition coefficient (Wildman–Crippen LogP) is 5.04. The molecule has 0 radical (unpaired) electrons. The molecule has 1 aromatic heterocycles. The topological polar surface area (TPSA) is 121 Å². The van der Waals surface area contributed by atoms with Crippen molar-refractivity contribution in [1.29, 1.82) is 0 Å². The van der Waals surface area contributed by atoms with E-state index in [0.29, 0.717) is 5.82 Å². The second-order valence-electron chi connectivity index (χ2n) is 8.06. The fourth-order valence-corrected chi connectivity index (χ4v) is 3.68. The number of hydrogen-bond acceptors (Lipinski definition) is 5. The fourth-order valence-electron chi connectivity index (χ4n) is 3.49. The number of nitrogens with one attached hydrogen (secondary N) is 2. The number of benzene rings is 2. The first kappa shape index (κ1) is 26.7. The molecule has 0 aliphatic heterocycles. The number of aromatic nitrogens is 1. The molecule has 2 aromatic carbocycles. The molecular formula is C25H26ClFN4O5. The summed E-state index contributed by atoms with van der Waals surface area (Å²) < 4.78 is 19.4. The first-order valence-electron chi connectivity index (χ1n) is 11.2. The number of rotatable bonds is 10. The molecule has 3 N–H and O–H groups in total. The first-order chi connectivity index (χ1) is 17.2. The third-order valence-electron chi connectivity index (χ3n) is 5.53. The third kappa shape index (κ3) is 7.54. The fraction of sp³-hybridized carbons (Fsp3) is 0.280. The summed E-state index contributed by atoms with van der Waals surface area (Å²) in [5, 5.41) is 15.8. The highest BCUT2D eigenvalue weighted by Crippen LogP contribution is 2.18. The first-order valence-corrected chi connectivity index (χ1v) is 11.6. The van der Waals surface area contributed by atoms with E-state index < -0.39 is 30.0 Å². The van der Waals surface area contributed by atoms with E-state index in [2.05, 4.69) is 15.6 Å². The number of pyridine rings is 1. The van der Waals surface area contributed by atoms with Crippen LogP contribution in [0.5, 0.6) is 0 Å². The Kier molecular flexibility index (Phi) is 9.40. The predicted molar refractivity (Wildman–Crippen MR) is 133 cm³/mol. The molecule has 0 aliphatic carbocycles. The van der Waals surface area contributed by atoms with Crippen molar-refractivity contribution in [1.82, 2.24) is 15.2 Å². The number of carbonyl (C=O) groups excluding carboxylic acids is 2. The lowest BCUT2D eigenvalue weighted by Gasteiger charge is -2.28. The van der Waals surface area contributed by atoms with Crippen LogP contribution in [0.15, 0.2) is 54.7 Å². The number of anilines is 1. The maximum Gasteiger partial charge on any atom is 0.412 e. The lowest BCUT2D eigenvalue weighted by Crippen LogP contribution is -2.46. The van der Waals surface area contributed by atoms with Crippen molar-refractivity contribution in [2.75, 3.05) is 19.0 Å². The van der Waals surface area contributed by atoms with Crippen LogP contribution in [0.1, 0.15) is 24.8 Å². The zero-order valence-electron chi connectivity index (χ0n) is 19.5. The normalized spacial score (nSPS) is 11.5. The van der Waals surface area contributed by atoms with E-state index in [4.69, 9.17) is 21.4 Å². The molecule has 0 aliphatic rings. The highest BCUT2D eigenvalue weighted by Gasteiger charge is 2.22. The molecule has 36 heavy (non-hydrogen) atoms. The van der Waals surface area contributed by atoms with Gasteiger partial charge in [-0.3, -0.25) is 10.1 Å². The molecule has 1 atom stereocenters. The molecule has 3 amide bonds. The summed E-state index contributed by atoms with van der Waals surface area (Å²) in [6.45, 7) is -0.291. The second-order valence-corrected chi connectivity index (χ2v) is 8.47.